The summed E-state index contributed by atoms with van der Waals surface area (Å²) in [5.41, 5.74) is 0.649. The first-order chi connectivity index (χ1) is 11.9. The van der Waals surface area contributed by atoms with Crippen LogP contribution in [-0.4, -0.2) is 33.7 Å². The van der Waals surface area contributed by atoms with E-state index in [1.807, 2.05) is 0 Å². The van der Waals surface area contributed by atoms with Gasteiger partial charge in [-0.3, -0.25) is 5.10 Å². The summed E-state index contributed by atoms with van der Waals surface area (Å²) in [6.07, 6.45) is 0.109. The van der Waals surface area contributed by atoms with E-state index in [1.165, 1.54) is 12.1 Å². The maximum Gasteiger partial charge on any atom is 0.315 e. The van der Waals surface area contributed by atoms with Crippen molar-refractivity contribution in [3.63, 3.8) is 0 Å². The second-order valence-electron chi connectivity index (χ2n) is 6.14. The number of amides is 2. The van der Waals surface area contributed by atoms with E-state index in [0.717, 1.165) is 0 Å². The van der Waals surface area contributed by atoms with E-state index in [-0.39, 0.29) is 37.7 Å². The van der Waals surface area contributed by atoms with Crippen LogP contribution in [0.3, 0.4) is 0 Å². The fourth-order valence-corrected chi connectivity index (χ4v) is 2.78. The van der Waals surface area contributed by atoms with Crippen molar-refractivity contribution < 1.29 is 18.0 Å². The molecular formula is C16H18F3N5O. The van der Waals surface area contributed by atoms with Crippen LogP contribution in [0, 0.1) is 11.7 Å². The third kappa shape index (κ3) is 4.71. The van der Waals surface area contributed by atoms with Crippen LogP contribution in [-0.2, 0) is 6.54 Å². The lowest BCUT2D eigenvalue weighted by Crippen LogP contribution is -2.37. The Kier molecular flexibility index (Phi) is 4.91. The molecule has 1 aromatic heterocycles. The summed E-state index contributed by atoms with van der Waals surface area (Å²) in [5.74, 6) is -2.33. The molecule has 2 amide bonds. The Morgan fingerprint density at radius 3 is 2.72 bits per heavy atom. The third-order valence-electron chi connectivity index (χ3n) is 4.11. The van der Waals surface area contributed by atoms with Crippen molar-refractivity contribution in [1.82, 2.24) is 25.8 Å². The topological polar surface area (TPSA) is 82.7 Å². The number of nitrogens with zero attached hydrogens (tertiary/aromatic N) is 2. The molecule has 0 spiro atoms. The van der Waals surface area contributed by atoms with Crippen LogP contribution in [0.2, 0.25) is 0 Å². The number of halogens is 3. The Morgan fingerprint density at radius 2 is 2.04 bits per heavy atom. The van der Waals surface area contributed by atoms with E-state index < -0.39 is 12.0 Å². The van der Waals surface area contributed by atoms with Crippen LogP contribution < -0.4 is 10.6 Å². The van der Waals surface area contributed by atoms with Gasteiger partial charge in [0.15, 0.2) is 5.82 Å². The monoisotopic (exact) mass is 353 g/mol. The van der Waals surface area contributed by atoms with Crippen molar-refractivity contribution in [3.05, 3.63) is 35.9 Å². The average molecular weight is 353 g/mol. The summed E-state index contributed by atoms with van der Waals surface area (Å²) < 4.78 is 39.1. The number of aromatic nitrogens is 3. The van der Waals surface area contributed by atoms with Gasteiger partial charge in [-0.15, -0.1) is 0 Å². The SMILES string of the molecule is O=C(NCc1nc(-c2ccc(F)cc2)n[nH]1)NCC1CCC(F)(F)C1. The number of aromatic amines is 1. The minimum atomic E-state index is -2.61. The summed E-state index contributed by atoms with van der Waals surface area (Å²) in [6, 6.07) is 5.28. The predicted molar refractivity (Wildman–Crippen MR) is 84.3 cm³/mol. The second kappa shape index (κ2) is 7.12. The fraction of sp³-hybridized carbons (Fsp3) is 0.438. The standard InChI is InChI=1S/C16H18F3N5O/c17-12-3-1-11(2-4-12)14-22-13(23-24-14)9-21-15(25)20-8-10-5-6-16(18,19)7-10/h1-4,10H,5-9H2,(H2,20,21,25)(H,22,23,24). The Hall–Kier alpha value is -2.58. The molecular weight excluding hydrogens is 335 g/mol. The minimum Gasteiger partial charge on any atom is -0.338 e. The predicted octanol–water partition coefficient (Wildman–Crippen LogP) is 2.85. The number of nitrogens with one attached hydrogen (secondary N) is 3. The molecule has 1 unspecified atom stereocenters. The zero-order valence-electron chi connectivity index (χ0n) is 13.4. The molecule has 1 aliphatic carbocycles. The van der Waals surface area contributed by atoms with Gasteiger partial charge in [0.2, 0.25) is 5.92 Å². The lowest BCUT2D eigenvalue weighted by molar-refractivity contribution is 0.00515. The first kappa shape index (κ1) is 17.2. The van der Waals surface area contributed by atoms with Crippen molar-refractivity contribution in [3.8, 4) is 11.4 Å². The number of urea groups is 1. The van der Waals surface area contributed by atoms with Crippen LogP contribution in [0.15, 0.2) is 24.3 Å². The highest BCUT2D eigenvalue weighted by Gasteiger charge is 2.39. The number of H-pyrrole nitrogens is 1. The first-order valence-electron chi connectivity index (χ1n) is 7.98. The number of hydrogen-bond donors (Lipinski definition) is 3. The van der Waals surface area contributed by atoms with Crippen molar-refractivity contribution in [2.24, 2.45) is 5.92 Å². The molecule has 0 aliphatic heterocycles. The summed E-state index contributed by atoms with van der Waals surface area (Å²) in [4.78, 5) is 15.9. The average Bonchev–Trinajstić information content (AvgIpc) is 3.18. The normalized spacial score (nSPS) is 18.9. The van der Waals surface area contributed by atoms with Crippen molar-refractivity contribution >= 4 is 6.03 Å². The fourth-order valence-electron chi connectivity index (χ4n) is 2.78. The molecule has 9 heteroatoms. The number of carbonyl (C=O) groups is 1. The Labute approximate surface area is 142 Å². The van der Waals surface area contributed by atoms with Gasteiger partial charge in [-0.05, 0) is 36.6 Å². The first-order valence-corrected chi connectivity index (χ1v) is 7.98. The van der Waals surface area contributed by atoms with Crippen molar-refractivity contribution in [2.45, 2.75) is 31.7 Å². The molecule has 1 heterocycles. The minimum absolute atomic E-state index is 0.112. The van der Waals surface area contributed by atoms with Gasteiger partial charge < -0.3 is 10.6 Å². The van der Waals surface area contributed by atoms with E-state index in [1.54, 1.807) is 12.1 Å². The smallest absolute Gasteiger partial charge is 0.315 e. The zero-order valence-corrected chi connectivity index (χ0v) is 13.4. The van der Waals surface area contributed by atoms with E-state index in [4.69, 9.17) is 0 Å². The maximum absolute atomic E-state index is 13.1. The molecule has 1 saturated carbocycles. The Balaban J connectivity index is 1.44. The Bertz CT molecular complexity index is 732. The number of alkyl halides is 2. The third-order valence-corrected chi connectivity index (χ3v) is 4.11. The molecule has 3 N–H and O–H groups in total. The van der Waals surface area contributed by atoms with E-state index in [2.05, 4.69) is 25.8 Å². The second-order valence-corrected chi connectivity index (χ2v) is 6.14. The van der Waals surface area contributed by atoms with Gasteiger partial charge in [0.1, 0.15) is 11.6 Å². The van der Waals surface area contributed by atoms with Crippen LogP contribution in [0.4, 0.5) is 18.0 Å². The lowest BCUT2D eigenvalue weighted by atomic mass is 10.1. The van der Waals surface area contributed by atoms with Crippen LogP contribution >= 0.6 is 0 Å². The molecule has 1 atom stereocenters. The molecule has 6 nitrogen and oxygen atoms in total. The highest BCUT2D eigenvalue weighted by molar-refractivity contribution is 5.73. The van der Waals surface area contributed by atoms with E-state index >= 15 is 0 Å². The summed E-state index contributed by atoms with van der Waals surface area (Å²) in [7, 11) is 0. The molecule has 134 valence electrons. The van der Waals surface area contributed by atoms with Gasteiger partial charge in [0, 0.05) is 24.9 Å². The van der Waals surface area contributed by atoms with Crippen molar-refractivity contribution in [2.75, 3.05) is 6.54 Å². The van der Waals surface area contributed by atoms with E-state index in [0.29, 0.717) is 23.6 Å². The number of benzene rings is 1. The quantitative estimate of drug-likeness (QED) is 0.773. The zero-order chi connectivity index (χ0) is 17.9. The summed E-state index contributed by atoms with van der Waals surface area (Å²) >= 11 is 0. The molecule has 1 aliphatic rings. The molecule has 2 aromatic rings. The van der Waals surface area contributed by atoms with Crippen LogP contribution in [0.1, 0.15) is 25.1 Å². The molecule has 25 heavy (non-hydrogen) atoms. The molecule has 1 fully saturated rings. The summed E-state index contributed by atoms with van der Waals surface area (Å²) in [5, 5.41) is 11.9. The van der Waals surface area contributed by atoms with Gasteiger partial charge in [-0.2, -0.15) is 5.10 Å². The van der Waals surface area contributed by atoms with Gasteiger partial charge in [0.05, 0.1) is 6.54 Å². The summed E-state index contributed by atoms with van der Waals surface area (Å²) in [6.45, 7) is 0.333. The van der Waals surface area contributed by atoms with Crippen LogP contribution in [0.25, 0.3) is 11.4 Å². The number of hydrogen-bond acceptors (Lipinski definition) is 3. The molecule has 0 radical (unpaired) electrons. The van der Waals surface area contributed by atoms with Gasteiger partial charge in [-0.25, -0.2) is 22.9 Å². The molecule has 1 aromatic carbocycles. The highest BCUT2D eigenvalue weighted by atomic mass is 19.3. The van der Waals surface area contributed by atoms with Crippen LogP contribution in [0.5, 0.6) is 0 Å². The molecule has 3 rings (SSSR count). The molecule has 0 saturated heterocycles. The van der Waals surface area contributed by atoms with Gasteiger partial charge in [0.25, 0.3) is 0 Å². The largest absolute Gasteiger partial charge is 0.338 e. The number of carbonyl (C=O) groups excluding carboxylic acids is 1. The number of rotatable bonds is 5. The highest BCUT2D eigenvalue weighted by Crippen LogP contribution is 2.38. The molecule has 0 bridgehead atoms. The van der Waals surface area contributed by atoms with Gasteiger partial charge in [-0.1, -0.05) is 0 Å². The van der Waals surface area contributed by atoms with Gasteiger partial charge >= 0.3 is 6.03 Å². The lowest BCUT2D eigenvalue weighted by Gasteiger charge is -2.12. The maximum atomic E-state index is 13.1. The van der Waals surface area contributed by atoms with E-state index in [9.17, 15) is 18.0 Å². The Morgan fingerprint density at radius 1 is 1.28 bits per heavy atom. The van der Waals surface area contributed by atoms with Crippen molar-refractivity contribution in [1.29, 1.82) is 0 Å².